The zero-order chi connectivity index (χ0) is 23.8. The van der Waals surface area contributed by atoms with Gasteiger partial charge < -0.3 is 14.8 Å². The molecule has 0 unspecified atom stereocenters. The zero-order valence-corrected chi connectivity index (χ0v) is 19.3. The fraction of sp³-hybridized carbons (Fsp3) is 0.160. The molecule has 0 aliphatic carbocycles. The van der Waals surface area contributed by atoms with Crippen LogP contribution in [0.1, 0.15) is 22.8 Å². The number of methoxy groups -OCH3 is 1. The van der Waals surface area contributed by atoms with E-state index in [2.05, 4.69) is 16.6 Å². The molecule has 7 nitrogen and oxygen atoms in total. The summed E-state index contributed by atoms with van der Waals surface area (Å²) in [6.07, 6.45) is 2.30. The molecule has 172 valence electrons. The van der Waals surface area contributed by atoms with Crippen LogP contribution in [0.4, 0.5) is 11.4 Å². The molecule has 33 heavy (non-hydrogen) atoms. The predicted octanol–water partition coefficient (Wildman–Crippen LogP) is 4.88. The van der Waals surface area contributed by atoms with Crippen molar-refractivity contribution in [1.82, 2.24) is 0 Å². The molecule has 0 aromatic heterocycles. The van der Waals surface area contributed by atoms with Gasteiger partial charge in [0.25, 0.3) is 15.9 Å². The molecule has 0 aliphatic rings. The number of rotatable bonds is 10. The Morgan fingerprint density at radius 3 is 2.27 bits per heavy atom. The van der Waals surface area contributed by atoms with E-state index in [1.807, 2.05) is 6.92 Å². The van der Waals surface area contributed by atoms with Crippen molar-refractivity contribution in [2.24, 2.45) is 0 Å². The third-order valence-corrected chi connectivity index (χ3v) is 6.14. The van der Waals surface area contributed by atoms with Crippen LogP contribution in [0.15, 0.2) is 84.3 Å². The predicted molar refractivity (Wildman–Crippen MR) is 130 cm³/mol. The van der Waals surface area contributed by atoms with Crippen molar-refractivity contribution in [2.75, 3.05) is 23.8 Å². The molecule has 0 radical (unpaired) electrons. The molecule has 0 bridgehead atoms. The van der Waals surface area contributed by atoms with Gasteiger partial charge in [-0.3, -0.25) is 9.52 Å². The molecule has 0 atom stereocenters. The van der Waals surface area contributed by atoms with Crippen LogP contribution in [0, 0.1) is 0 Å². The second-order valence-corrected chi connectivity index (χ2v) is 8.74. The lowest BCUT2D eigenvalue weighted by molar-refractivity contribution is 0.102. The molecule has 3 rings (SSSR count). The maximum Gasteiger partial charge on any atom is 0.261 e. The van der Waals surface area contributed by atoms with Crippen molar-refractivity contribution >= 4 is 27.3 Å². The van der Waals surface area contributed by atoms with Gasteiger partial charge in [0.05, 0.1) is 18.6 Å². The number of amides is 1. The molecular weight excluding hydrogens is 440 g/mol. The van der Waals surface area contributed by atoms with Crippen LogP contribution in [0.2, 0.25) is 0 Å². The van der Waals surface area contributed by atoms with Crippen molar-refractivity contribution in [3.05, 3.63) is 90.5 Å². The number of carbonyl (C=O) groups is 1. The molecule has 8 heteroatoms. The molecule has 0 saturated carbocycles. The molecule has 0 spiro atoms. The number of benzene rings is 3. The Kier molecular flexibility index (Phi) is 7.74. The van der Waals surface area contributed by atoms with E-state index in [1.54, 1.807) is 67.8 Å². The first-order valence-electron chi connectivity index (χ1n) is 10.3. The van der Waals surface area contributed by atoms with Crippen molar-refractivity contribution in [3.8, 4) is 11.5 Å². The summed E-state index contributed by atoms with van der Waals surface area (Å²) in [5, 5.41) is 2.78. The largest absolute Gasteiger partial charge is 0.496 e. The van der Waals surface area contributed by atoms with Crippen LogP contribution in [-0.4, -0.2) is 28.0 Å². The molecule has 3 aromatic rings. The van der Waals surface area contributed by atoms with Crippen LogP contribution in [0.5, 0.6) is 11.5 Å². The summed E-state index contributed by atoms with van der Waals surface area (Å²) in [4.78, 5) is 12.7. The summed E-state index contributed by atoms with van der Waals surface area (Å²) in [6.45, 7) is 6.13. The first-order valence-corrected chi connectivity index (χ1v) is 11.8. The number of ether oxygens (including phenoxy) is 2. The van der Waals surface area contributed by atoms with Crippen molar-refractivity contribution < 1.29 is 22.7 Å². The van der Waals surface area contributed by atoms with E-state index >= 15 is 0 Å². The molecular formula is C25H26N2O5S. The first-order chi connectivity index (χ1) is 15.9. The van der Waals surface area contributed by atoms with E-state index in [1.165, 1.54) is 12.1 Å². The summed E-state index contributed by atoms with van der Waals surface area (Å²) in [6, 6.07) is 17.7. The third kappa shape index (κ3) is 6.14. The highest BCUT2D eigenvalue weighted by Crippen LogP contribution is 2.23. The Bertz CT molecular complexity index is 1220. The highest BCUT2D eigenvalue weighted by Gasteiger charge is 2.15. The smallest absolute Gasteiger partial charge is 0.261 e. The molecule has 0 saturated heterocycles. The van der Waals surface area contributed by atoms with Gasteiger partial charge in [-0.2, -0.15) is 0 Å². The minimum atomic E-state index is -3.78. The summed E-state index contributed by atoms with van der Waals surface area (Å²) in [5.41, 5.74) is 2.20. The van der Waals surface area contributed by atoms with Gasteiger partial charge in [0.1, 0.15) is 11.5 Å². The van der Waals surface area contributed by atoms with E-state index in [0.717, 1.165) is 5.56 Å². The average Bonchev–Trinajstić information content (AvgIpc) is 2.81. The lowest BCUT2D eigenvalue weighted by Gasteiger charge is -2.11. The molecule has 2 N–H and O–H groups in total. The zero-order valence-electron chi connectivity index (χ0n) is 18.5. The Labute approximate surface area is 194 Å². The van der Waals surface area contributed by atoms with E-state index in [-0.39, 0.29) is 10.8 Å². The minimum absolute atomic E-state index is 0.0760. The molecule has 0 heterocycles. The van der Waals surface area contributed by atoms with Crippen molar-refractivity contribution in [1.29, 1.82) is 0 Å². The SMILES string of the molecule is C=CCc1cc(C(=O)Nc2ccc(S(=O)(=O)Nc3ccc(OCC)cc3)cc2)ccc1OC. The third-order valence-electron chi connectivity index (χ3n) is 4.75. The van der Waals surface area contributed by atoms with Crippen molar-refractivity contribution in [2.45, 2.75) is 18.2 Å². The standard InChI is InChI=1S/C25H26N2O5S/c1-4-6-18-17-19(7-16-24(18)31-3)25(28)26-20-10-14-23(15-11-20)33(29,30)27-21-8-12-22(13-9-21)32-5-2/h4,7-17,27H,1,5-6H2,2-3H3,(H,26,28). The summed E-state index contributed by atoms with van der Waals surface area (Å²) >= 11 is 0. The highest BCUT2D eigenvalue weighted by molar-refractivity contribution is 7.92. The fourth-order valence-electron chi connectivity index (χ4n) is 3.16. The lowest BCUT2D eigenvalue weighted by atomic mass is 10.1. The molecule has 0 fully saturated rings. The molecule has 3 aromatic carbocycles. The molecule has 0 aliphatic heterocycles. The minimum Gasteiger partial charge on any atom is -0.496 e. The first kappa shape index (κ1) is 23.9. The number of carbonyl (C=O) groups excluding carboxylic acids is 1. The van der Waals surface area contributed by atoms with E-state index < -0.39 is 10.0 Å². The van der Waals surface area contributed by atoms with Crippen molar-refractivity contribution in [3.63, 3.8) is 0 Å². The summed E-state index contributed by atoms with van der Waals surface area (Å²) in [7, 11) is -2.21. The monoisotopic (exact) mass is 466 g/mol. The van der Waals surface area contributed by atoms with Gasteiger partial charge >= 0.3 is 0 Å². The second kappa shape index (κ2) is 10.7. The topological polar surface area (TPSA) is 93.7 Å². The normalized spacial score (nSPS) is 10.8. The van der Waals surface area contributed by atoms with Gasteiger partial charge in [-0.25, -0.2) is 8.42 Å². The number of allylic oxidation sites excluding steroid dienone is 1. The van der Waals surface area contributed by atoms with Crippen LogP contribution >= 0.6 is 0 Å². The van der Waals surface area contributed by atoms with Gasteiger partial charge in [0.15, 0.2) is 0 Å². The quantitative estimate of drug-likeness (QED) is 0.416. The number of nitrogens with one attached hydrogen (secondary N) is 2. The Balaban J connectivity index is 1.69. The van der Waals surface area contributed by atoms with Gasteiger partial charge in [0, 0.05) is 16.9 Å². The Morgan fingerprint density at radius 1 is 1.00 bits per heavy atom. The maximum atomic E-state index is 12.7. The van der Waals surface area contributed by atoms with Crippen LogP contribution in [0.25, 0.3) is 0 Å². The average molecular weight is 467 g/mol. The summed E-state index contributed by atoms with van der Waals surface area (Å²) < 4.78 is 38.5. The lowest BCUT2D eigenvalue weighted by Crippen LogP contribution is -2.14. The maximum absolute atomic E-state index is 12.7. The Morgan fingerprint density at radius 2 is 1.67 bits per heavy atom. The van der Waals surface area contributed by atoms with Gasteiger partial charge in [-0.15, -0.1) is 6.58 Å². The van der Waals surface area contributed by atoms with E-state index in [4.69, 9.17) is 9.47 Å². The van der Waals surface area contributed by atoms with Gasteiger partial charge in [0.2, 0.25) is 0 Å². The number of anilines is 2. The number of sulfonamides is 1. The number of hydrogen-bond acceptors (Lipinski definition) is 5. The van der Waals surface area contributed by atoms with Crippen LogP contribution < -0.4 is 19.5 Å². The van der Waals surface area contributed by atoms with E-state index in [0.29, 0.717) is 41.5 Å². The van der Waals surface area contributed by atoms with Crippen LogP contribution in [-0.2, 0) is 16.4 Å². The number of hydrogen-bond donors (Lipinski definition) is 2. The highest BCUT2D eigenvalue weighted by atomic mass is 32.2. The fourth-order valence-corrected chi connectivity index (χ4v) is 4.21. The Hall–Kier alpha value is -3.78. The van der Waals surface area contributed by atoms with E-state index in [9.17, 15) is 13.2 Å². The summed E-state index contributed by atoms with van der Waals surface area (Å²) in [5.74, 6) is 1.03. The van der Waals surface area contributed by atoms with Gasteiger partial charge in [-0.05, 0) is 85.6 Å². The van der Waals surface area contributed by atoms with Crippen LogP contribution in [0.3, 0.4) is 0 Å². The molecule has 1 amide bonds. The van der Waals surface area contributed by atoms with Gasteiger partial charge in [-0.1, -0.05) is 6.08 Å². The second-order valence-electron chi connectivity index (χ2n) is 7.06.